The molecule has 0 heterocycles. The molecule has 0 aliphatic heterocycles. The molecule has 3 rings (SSSR count). The molecular formula is C19H18Cl2N2O2S. The van der Waals surface area contributed by atoms with Gasteiger partial charge in [0.2, 0.25) is 11.8 Å². The van der Waals surface area contributed by atoms with Gasteiger partial charge < -0.3 is 10.6 Å². The standard InChI is InChI=1S/C19H18Cl2N2O2S/c1-11(18(24)23-16-9-13(20)8-14(21)10-16)26-17-6-4-15(5-7-17)22-19(25)12-2-3-12/h4-12H,2-3H2,1H3,(H,22,25)(H,23,24). The van der Waals surface area contributed by atoms with Gasteiger partial charge in [0.05, 0.1) is 5.25 Å². The van der Waals surface area contributed by atoms with Gasteiger partial charge >= 0.3 is 0 Å². The van der Waals surface area contributed by atoms with Gasteiger partial charge in [0.25, 0.3) is 0 Å². The third-order valence-electron chi connectivity index (χ3n) is 3.88. The van der Waals surface area contributed by atoms with E-state index < -0.39 is 0 Å². The Kier molecular flexibility index (Phi) is 6.12. The Balaban J connectivity index is 1.55. The summed E-state index contributed by atoms with van der Waals surface area (Å²) >= 11 is 13.3. The molecule has 0 saturated heterocycles. The first kappa shape index (κ1) is 19.1. The van der Waals surface area contributed by atoms with Crippen molar-refractivity contribution < 1.29 is 9.59 Å². The number of hydrogen-bond acceptors (Lipinski definition) is 3. The smallest absolute Gasteiger partial charge is 0.237 e. The molecule has 4 nitrogen and oxygen atoms in total. The third kappa shape index (κ3) is 5.40. The van der Waals surface area contributed by atoms with E-state index in [0.717, 1.165) is 23.4 Å². The van der Waals surface area contributed by atoms with Crippen LogP contribution in [0.15, 0.2) is 47.4 Å². The highest BCUT2D eigenvalue weighted by atomic mass is 35.5. The van der Waals surface area contributed by atoms with Crippen LogP contribution in [-0.4, -0.2) is 17.1 Å². The van der Waals surface area contributed by atoms with E-state index in [9.17, 15) is 9.59 Å². The van der Waals surface area contributed by atoms with E-state index in [1.54, 1.807) is 18.2 Å². The zero-order chi connectivity index (χ0) is 18.7. The Hall–Kier alpha value is -1.69. The summed E-state index contributed by atoms with van der Waals surface area (Å²) in [6, 6.07) is 12.4. The molecule has 0 aromatic heterocycles. The lowest BCUT2D eigenvalue weighted by Crippen LogP contribution is -2.22. The largest absolute Gasteiger partial charge is 0.326 e. The van der Waals surface area contributed by atoms with Gasteiger partial charge in [-0.2, -0.15) is 0 Å². The van der Waals surface area contributed by atoms with Gasteiger partial charge in [-0.25, -0.2) is 0 Å². The van der Waals surface area contributed by atoms with Crippen molar-refractivity contribution in [3.8, 4) is 0 Å². The topological polar surface area (TPSA) is 58.2 Å². The van der Waals surface area contributed by atoms with Crippen molar-refractivity contribution in [2.75, 3.05) is 10.6 Å². The van der Waals surface area contributed by atoms with Gasteiger partial charge in [-0.3, -0.25) is 9.59 Å². The van der Waals surface area contributed by atoms with Crippen LogP contribution in [0.25, 0.3) is 0 Å². The average Bonchev–Trinajstić information content (AvgIpc) is 3.40. The Morgan fingerprint density at radius 2 is 1.62 bits per heavy atom. The van der Waals surface area contributed by atoms with Crippen molar-refractivity contribution >= 4 is 58.2 Å². The van der Waals surface area contributed by atoms with Gasteiger partial charge in [0, 0.05) is 32.2 Å². The number of anilines is 2. The van der Waals surface area contributed by atoms with Crippen molar-refractivity contribution in [2.24, 2.45) is 5.92 Å². The van der Waals surface area contributed by atoms with Crippen LogP contribution in [0.4, 0.5) is 11.4 Å². The van der Waals surface area contributed by atoms with Gasteiger partial charge in [-0.1, -0.05) is 23.2 Å². The van der Waals surface area contributed by atoms with Gasteiger partial charge in [0.1, 0.15) is 0 Å². The molecule has 2 aromatic carbocycles. The van der Waals surface area contributed by atoms with Crippen molar-refractivity contribution in [3.05, 3.63) is 52.5 Å². The number of halogens is 2. The normalized spacial score (nSPS) is 14.6. The number of benzene rings is 2. The second-order valence-electron chi connectivity index (χ2n) is 6.20. The molecular weight excluding hydrogens is 391 g/mol. The predicted molar refractivity (Wildman–Crippen MR) is 108 cm³/mol. The fraction of sp³-hybridized carbons (Fsp3) is 0.263. The number of nitrogens with one attached hydrogen (secondary N) is 2. The number of carbonyl (C=O) groups is 2. The van der Waals surface area contributed by atoms with Crippen LogP contribution < -0.4 is 10.6 Å². The molecule has 2 amide bonds. The van der Waals surface area contributed by atoms with E-state index in [2.05, 4.69) is 10.6 Å². The van der Waals surface area contributed by atoms with E-state index in [-0.39, 0.29) is 23.0 Å². The maximum absolute atomic E-state index is 12.4. The van der Waals surface area contributed by atoms with Crippen LogP contribution in [0.3, 0.4) is 0 Å². The van der Waals surface area contributed by atoms with Crippen LogP contribution in [0.1, 0.15) is 19.8 Å². The molecule has 0 spiro atoms. The summed E-state index contributed by atoms with van der Waals surface area (Å²) in [6.07, 6.45) is 1.95. The monoisotopic (exact) mass is 408 g/mol. The zero-order valence-electron chi connectivity index (χ0n) is 14.1. The van der Waals surface area contributed by atoms with Gasteiger partial charge in [-0.15, -0.1) is 11.8 Å². The Labute approximate surface area is 166 Å². The summed E-state index contributed by atoms with van der Waals surface area (Å²) in [6.45, 7) is 1.83. The van der Waals surface area contributed by atoms with E-state index in [4.69, 9.17) is 23.2 Å². The van der Waals surface area contributed by atoms with E-state index in [1.807, 2.05) is 31.2 Å². The number of carbonyl (C=O) groups excluding carboxylic acids is 2. The van der Waals surface area contributed by atoms with Crippen LogP contribution in [-0.2, 0) is 9.59 Å². The molecule has 0 bridgehead atoms. The quantitative estimate of drug-likeness (QED) is 0.623. The molecule has 26 heavy (non-hydrogen) atoms. The molecule has 2 aromatic rings. The highest BCUT2D eigenvalue weighted by Gasteiger charge is 2.29. The minimum atomic E-state index is -0.306. The minimum absolute atomic E-state index is 0.0818. The Bertz CT molecular complexity index is 803. The predicted octanol–water partition coefficient (Wildman–Crippen LogP) is 5.46. The van der Waals surface area contributed by atoms with Crippen molar-refractivity contribution in [1.82, 2.24) is 0 Å². The summed E-state index contributed by atoms with van der Waals surface area (Å²) in [4.78, 5) is 25.1. The first-order valence-corrected chi connectivity index (χ1v) is 9.89. The van der Waals surface area contributed by atoms with Crippen molar-refractivity contribution in [2.45, 2.75) is 29.9 Å². The molecule has 1 unspecified atom stereocenters. The maximum atomic E-state index is 12.4. The maximum Gasteiger partial charge on any atom is 0.237 e. The molecule has 7 heteroatoms. The van der Waals surface area contributed by atoms with Crippen LogP contribution in [0.2, 0.25) is 10.0 Å². The first-order valence-electron chi connectivity index (χ1n) is 8.25. The highest BCUT2D eigenvalue weighted by molar-refractivity contribution is 8.00. The summed E-state index contributed by atoms with van der Waals surface area (Å²) in [5.74, 6) is 0.116. The molecule has 0 radical (unpaired) electrons. The van der Waals surface area contributed by atoms with Gasteiger partial charge in [0.15, 0.2) is 0 Å². The molecule has 1 aliphatic rings. The van der Waals surface area contributed by atoms with Crippen LogP contribution in [0, 0.1) is 5.92 Å². The number of amides is 2. The number of rotatable bonds is 6. The Morgan fingerprint density at radius 3 is 2.19 bits per heavy atom. The molecule has 1 fully saturated rings. The summed E-state index contributed by atoms with van der Waals surface area (Å²) in [5, 5.41) is 6.35. The van der Waals surface area contributed by atoms with E-state index >= 15 is 0 Å². The summed E-state index contributed by atoms with van der Waals surface area (Å²) < 4.78 is 0. The zero-order valence-corrected chi connectivity index (χ0v) is 16.4. The first-order chi connectivity index (χ1) is 12.4. The minimum Gasteiger partial charge on any atom is -0.326 e. The lowest BCUT2D eigenvalue weighted by atomic mass is 10.3. The van der Waals surface area contributed by atoms with E-state index in [0.29, 0.717) is 15.7 Å². The number of hydrogen-bond donors (Lipinski definition) is 2. The molecule has 136 valence electrons. The summed E-state index contributed by atoms with van der Waals surface area (Å²) in [7, 11) is 0. The average molecular weight is 409 g/mol. The highest BCUT2D eigenvalue weighted by Crippen LogP contribution is 2.31. The Morgan fingerprint density at radius 1 is 1.00 bits per heavy atom. The number of thioether (sulfide) groups is 1. The second kappa shape index (κ2) is 8.33. The molecule has 1 saturated carbocycles. The molecule has 1 aliphatic carbocycles. The lowest BCUT2D eigenvalue weighted by Gasteiger charge is -2.13. The van der Waals surface area contributed by atoms with E-state index in [1.165, 1.54) is 11.8 Å². The van der Waals surface area contributed by atoms with Crippen molar-refractivity contribution in [1.29, 1.82) is 0 Å². The fourth-order valence-electron chi connectivity index (χ4n) is 2.33. The van der Waals surface area contributed by atoms with Crippen LogP contribution >= 0.6 is 35.0 Å². The van der Waals surface area contributed by atoms with Gasteiger partial charge in [-0.05, 0) is 62.2 Å². The molecule has 1 atom stereocenters. The fourth-order valence-corrected chi connectivity index (χ4v) is 3.73. The lowest BCUT2D eigenvalue weighted by molar-refractivity contribution is -0.117. The third-order valence-corrected chi connectivity index (χ3v) is 5.43. The van der Waals surface area contributed by atoms with Crippen molar-refractivity contribution in [3.63, 3.8) is 0 Å². The summed E-state index contributed by atoms with van der Waals surface area (Å²) in [5.41, 5.74) is 1.34. The van der Waals surface area contributed by atoms with Crippen LogP contribution in [0.5, 0.6) is 0 Å². The SMILES string of the molecule is CC(Sc1ccc(NC(=O)C2CC2)cc1)C(=O)Nc1cc(Cl)cc(Cl)c1. The second-order valence-corrected chi connectivity index (χ2v) is 8.48. The molecule has 2 N–H and O–H groups in total.